The van der Waals surface area contributed by atoms with E-state index in [1.54, 1.807) is 12.2 Å². The fourth-order valence-electron chi connectivity index (χ4n) is 2.58. The van der Waals surface area contributed by atoms with Gasteiger partial charge in [0.1, 0.15) is 18.1 Å². The standard InChI is InChI=1S/C18H17F2N3O4S/c1-2-3-12(8-14-10-26-11-27-14)17-9-16(18(19)20)22-23(17)13-4-6-15(7-5-13)28(21,24)25/h2-9,18H,1,10-11H2,(H2,21,24,25)/b12-3+,14-8+. The molecule has 0 aliphatic carbocycles. The van der Waals surface area contributed by atoms with Gasteiger partial charge < -0.3 is 9.47 Å². The highest BCUT2D eigenvalue weighted by molar-refractivity contribution is 7.89. The molecular formula is C18H17F2N3O4S. The minimum atomic E-state index is -3.88. The second-order valence-electron chi connectivity index (χ2n) is 5.78. The van der Waals surface area contributed by atoms with Gasteiger partial charge in [-0.15, -0.1) is 0 Å². The Hall–Kier alpha value is -2.82. The molecule has 1 aromatic heterocycles. The van der Waals surface area contributed by atoms with E-state index in [2.05, 4.69) is 11.7 Å². The van der Waals surface area contributed by atoms with Crippen LogP contribution in [-0.4, -0.2) is 31.6 Å². The highest BCUT2D eigenvalue weighted by Gasteiger charge is 2.20. The van der Waals surface area contributed by atoms with E-state index in [1.165, 1.54) is 41.1 Å². The second-order valence-corrected chi connectivity index (χ2v) is 7.35. The van der Waals surface area contributed by atoms with Crippen LogP contribution in [0.25, 0.3) is 11.3 Å². The van der Waals surface area contributed by atoms with Gasteiger partial charge in [-0.05, 0) is 36.4 Å². The van der Waals surface area contributed by atoms with Crippen molar-refractivity contribution in [3.63, 3.8) is 0 Å². The number of hydrogen-bond acceptors (Lipinski definition) is 5. The summed E-state index contributed by atoms with van der Waals surface area (Å²) in [7, 11) is -3.88. The molecule has 2 aromatic rings. The Morgan fingerprint density at radius 2 is 2.04 bits per heavy atom. The van der Waals surface area contributed by atoms with Crippen molar-refractivity contribution in [2.45, 2.75) is 11.3 Å². The molecule has 0 spiro atoms. The van der Waals surface area contributed by atoms with E-state index in [9.17, 15) is 17.2 Å². The zero-order chi connectivity index (χ0) is 20.3. The molecule has 3 rings (SSSR count). The maximum absolute atomic E-state index is 13.3. The molecule has 1 aliphatic heterocycles. The molecule has 0 amide bonds. The second kappa shape index (κ2) is 8.05. The molecule has 7 nitrogen and oxygen atoms in total. The number of sulfonamides is 1. The molecule has 28 heavy (non-hydrogen) atoms. The molecule has 0 atom stereocenters. The van der Waals surface area contributed by atoms with Crippen LogP contribution >= 0.6 is 0 Å². The van der Waals surface area contributed by atoms with Crippen LogP contribution in [0.2, 0.25) is 0 Å². The Bertz CT molecular complexity index is 1030. The van der Waals surface area contributed by atoms with E-state index in [-0.39, 0.29) is 18.3 Å². The predicted octanol–water partition coefficient (Wildman–Crippen LogP) is 2.91. The average Bonchev–Trinajstić information content (AvgIpc) is 3.30. The van der Waals surface area contributed by atoms with Gasteiger partial charge in [-0.3, -0.25) is 0 Å². The normalized spacial score (nSPS) is 16.6. The third-order valence-electron chi connectivity index (χ3n) is 3.84. The fraction of sp³-hybridized carbons (Fsp3) is 0.167. The lowest BCUT2D eigenvalue weighted by Crippen LogP contribution is -2.12. The summed E-state index contributed by atoms with van der Waals surface area (Å²) in [6.45, 7) is 4.02. The molecule has 10 heteroatoms. The number of rotatable bonds is 6. The Labute approximate surface area is 160 Å². The molecule has 0 unspecified atom stereocenters. The summed E-state index contributed by atoms with van der Waals surface area (Å²) < 4.78 is 61.1. The lowest BCUT2D eigenvalue weighted by atomic mass is 10.1. The van der Waals surface area contributed by atoms with E-state index in [0.29, 0.717) is 22.7 Å². The van der Waals surface area contributed by atoms with Crippen LogP contribution in [0.5, 0.6) is 0 Å². The molecule has 1 saturated heterocycles. The number of halogens is 2. The number of primary sulfonamides is 1. The third kappa shape index (κ3) is 4.35. The summed E-state index contributed by atoms with van der Waals surface area (Å²) in [5, 5.41) is 9.05. The van der Waals surface area contributed by atoms with Gasteiger partial charge in [0.15, 0.2) is 6.79 Å². The summed E-state index contributed by atoms with van der Waals surface area (Å²) in [6, 6.07) is 6.67. The van der Waals surface area contributed by atoms with Crippen molar-refractivity contribution in [3.05, 3.63) is 72.3 Å². The Balaban J connectivity index is 2.11. The Kier molecular flexibility index (Phi) is 5.73. The van der Waals surface area contributed by atoms with Crippen LogP contribution in [0.15, 0.2) is 65.8 Å². The van der Waals surface area contributed by atoms with Crippen LogP contribution in [0.4, 0.5) is 8.78 Å². The third-order valence-corrected chi connectivity index (χ3v) is 4.77. The minimum absolute atomic E-state index is 0.0977. The first-order valence-electron chi connectivity index (χ1n) is 8.05. The van der Waals surface area contributed by atoms with Gasteiger partial charge in [0.2, 0.25) is 10.0 Å². The highest BCUT2D eigenvalue weighted by atomic mass is 32.2. The first-order chi connectivity index (χ1) is 13.3. The van der Waals surface area contributed by atoms with Gasteiger partial charge in [0.25, 0.3) is 6.43 Å². The molecule has 0 bridgehead atoms. The van der Waals surface area contributed by atoms with E-state index < -0.39 is 22.1 Å². The maximum atomic E-state index is 13.3. The van der Waals surface area contributed by atoms with Gasteiger partial charge in [0, 0.05) is 5.57 Å². The zero-order valence-corrected chi connectivity index (χ0v) is 15.4. The summed E-state index contributed by atoms with van der Waals surface area (Å²) in [5.74, 6) is 0.532. The molecule has 0 saturated carbocycles. The first-order valence-corrected chi connectivity index (χ1v) is 9.60. The van der Waals surface area contributed by atoms with Crippen molar-refractivity contribution >= 4 is 15.6 Å². The quantitative estimate of drug-likeness (QED) is 0.740. The Morgan fingerprint density at radius 3 is 2.57 bits per heavy atom. The van der Waals surface area contributed by atoms with Crippen molar-refractivity contribution in [1.82, 2.24) is 9.78 Å². The SMILES string of the molecule is C=C/C=C(\C=C1/COCO1)c1cc(C(F)F)nn1-c1ccc(S(N)(=O)=O)cc1. The van der Waals surface area contributed by atoms with Crippen molar-refractivity contribution in [2.24, 2.45) is 5.14 Å². The topological polar surface area (TPSA) is 96.4 Å². The van der Waals surface area contributed by atoms with Crippen LogP contribution in [-0.2, 0) is 19.5 Å². The number of nitrogens with zero attached hydrogens (tertiary/aromatic N) is 2. The molecule has 2 heterocycles. The van der Waals surface area contributed by atoms with Gasteiger partial charge in [-0.2, -0.15) is 5.10 Å². The number of allylic oxidation sites excluding steroid dienone is 4. The van der Waals surface area contributed by atoms with Crippen molar-refractivity contribution in [3.8, 4) is 5.69 Å². The number of alkyl halides is 2. The molecule has 1 aliphatic rings. The summed E-state index contributed by atoms with van der Waals surface area (Å²) in [6.07, 6.45) is 1.99. The van der Waals surface area contributed by atoms with Crippen LogP contribution in [0, 0.1) is 0 Å². The summed E-state index contributed by atoms with van der Waals surface area (Å²) >= 11 is 0. The number of hydrogen-bond donors (Lipinski definition) is 1. The maximum Gasteiger partial charge on any atom is 0.282 e. The van der Waals surface area contributed by atoms with Gasteiger partial charge >= 0.3 is 0 Å². The van der Waals surface area contributed by atoms with Crippen molar-refractivity contribution in [1.29, 1.82) is 0 Å². The number of nitrogens with two attached hydrogens (primary N) is 1. The van der Waals surface area contributed by atoms with E-state index in [1.807, 2.05) is 0 Å². The van der Waals surface area contributed by atoms with E-state index in [4.69, 9.17) is 14.6 Å². The summed E-state index contributed by atoms with van der Waals surface area (Å²) in [5.41, 5.74) is 0.820. The lowest BCUT2D eigenvalue weighted by Gasteiger charge is -2.09. The lowest BCUT2D eigenvalue weighted by molar-refractivity contribution is 0.0800. The monoisotopic (exact) mass is 409 g/mol. The molecular weight excluding hydrogens is 392 g/mol. The smallest absolute Gasteiger partial charge is 0.282 e. The van der Waals surface area contributed by atoms with Gasteiger partial charge in [-0.1, -0.05) is 18.7 Å². The number of benzene rings is 1. The summed E-state index contributed by atoms with van der Waals surface area (Å²) in [4.78, 5) is -0.0977. The van der Waals surface area contributed by atoms with Crippen LogP contribution in [0.3, 0.4) is 0 Å². The van der Waals surface area contributed by atoms with Gasteiger partial charge in [0.05, 0.1) is 16.3 Å². The largest absolute Gasteiger partial charge is 0.469 e. The average molecular weight is 409 g/mol. The number of ether oxygens (including phenoxy) is 2. The molecule has 0 radical (unpaired) electrons. The molecule has 2 N–H and O–H groups in total. The van der Waals surface area contributed by atoms with Gasteiger partial charge in [-0.25, -0.2) is 27.0 Å². The molecule has 1 aromatic carbocycles. The van der Waals surface area contributed by atoms with Crippen molar-refractivity contribution in [2.75, 3.05) is 13.4 Å². The minimum Gasteiger partial charge on any atom is -0.469 e. The number of aromatic nitrogens is 2. The van der Waals surface area contributed by atoms with E-state index >= 15 is 0 Å². The molecule has 1 fully saturated rings. The predicted molar refractivity (Wildman–Crippen MR) is 98.1 cm³/mol. The molecule has 148 valence electrons. The van der Waals surface area contributed by atoms with Crippen LogP contribution < -0.4 is 5.14 Å². The fourth-order valence-corrected chi connectivity index (χ4v) is 3.09. The van der Waals surface area contributed by atoms with E-state index in [0.717, 1.165) is 0 Å². The Morgan fingerprint density at radius 1 is 1.32 bits per heavy atom. The first kappa shape index (κ1) is 19.9. The van der Waals surface area contributed by atoms with Crippen molar-refractivity contribution < 1.29 is 26.7 Å². The zero-order valence-electron chi connectivity index (χ0n) is 14.6. The highest BCUT2D eigenvalue weighted by Crippen LogP contribution is 2.28. The van der Waals surface area contributed by atoms with Crippen LogP contribution in [0.1, 0.15) is 17.8 Å².